The highest BCUT2D eigenvalue weighted by molar-refractivity contribution is 5.93. The molecule has 6 nitrogen and oxygen atoms in total. The molecule has 0 radical (unpaired) electrons. The zero-order valence-electron chi connectivity index (χ0n) is 12.6. The minimum atomic E-state index is -0.437. The van der Waals surface area contributed by atoms with Gasteiger partial charge < -0.3 is 9.47 Å². The number of rotatable bonds is 6. The van der Waals surface area contributed by atoms with Crippen molar-refractivity contribution < 1.29 is 19.1 Å². The predicted molar refractivity (Wildman–Crippen MR) is 79.5 cm³/mol. The van der Waals surface area contributed by atoms with Crippen molar-refractivity contribution in [2.24, 2.45) is 0 Å². The molecule has 1 aromatic heterocycles. The molecule has 2 rings (SSSR count). The number of hydrogen-bond donors (Lipinski definition) is 0. The molecule has 1 atom stereocenters. The molecule has 0 aliphatic heterocycles. The summed E-state index contributed by atoms with van der Waals surface area (Å²) in [6.07, 6.45) is 4.02. The third-order valence-corrected chi connectivity index (χ3v) is 3.17. The van der Waals surface area contributed by atoms with Gasteiger partial charge in [-0.1, -0.05) is 0 Å². The second-order valence-corrected chi connectivity index (χ2v) is 4.84. The lowest BCUT2D eigenvalue weighted by Crippen LogP contribution is -2.17. The van der Waals surface area contributed by atoms with Crippen LogP contribution < -0.4 is 0 Å². The number of hydrogen-bond acceptors (Lipinski definition) is 5. The van der Waals surface area contributed by atoms with Gasteiger partial charge in [-0.25, -0.2) is 9.59 Å². The van der Waals surface area contributed by atoms with E-state index in [0.29, 0.717) is 24.1 Å². The van der Waals surface area contributed by atoms with Gasteiger partial charge in [-0.05, 0) is 37.3 Å². The van der Waals surface area contributed by atoms with Crippen molar-refractivity contribution in [1.82, 2.24) is 9.78 Å². The summed E-state index contributed by atoms with van der Waals surface area (Å²) in [7, 11) is 1.31. The molecule has 0 fully saturated rings. The molecule has 0 aliphatic carbocycles. The molecule has 116 valence electrons. The molecular formula is C16H18N2O4. The van der Waals surface area contributed by atoms with Crippen LogP contribution in [0.5, 0.6) is 0 Å². The fraction of sp³-hybridized carbons (Fsp3) is 0.312. The Balaban J connectivity index is 1.87. The Bertz CT molecular complexity index is 620. The molecule has 0 unspecified atom stereocenters. The highest BCUT2D eigenvalue weighted by atomic mass is 16.5. The van der Waals surface area contributed by atoms with Crippen LogP contribution in [-0.2, 0) is 16.0 Å². The van der Waals surface area contributed by atoms with E-state index in [1.807, 2.05) is 19.2 Å². The Kier molecular flexibility index (Phi) is 5.30. The summed E-state index contributed by atoms with van der Waals surface area (Å²) in [6.45, 7) is 2.52. The second kappa shape index (κ2) is 7.40. The smallest absolute Gasteiger partial charge is 0.338 e. The average Bonchev–Trinajstić information content (AvgIpc) is 3.05. The summed E-state index contributed by atoms with van der Waals surface area (Å²) >= 11 is 0. The number of nitrogens with zero attached hydrogens (tertiary/aromatic N) is 2. The van der Waals surface area contributed by atoms with Gasteiger partial charge >= 0.3 is 11.9 Å². The molecule has 0 spiro atoms. The van der Waals surface area contributed by atoms with Crippen LogP contribution in [0.25, 0.3) is 0 Å². The molecule has 2 aromatic rings. The molecule has 0 N–H and O–H groups in total. The van der Waals surface area contributed by atoms with Gasteiger partial charge in [0.25, 0.3) is 0 Å². The van der Waals surface area contributed by atoms with Crippen LogP contribution in [0.15, 0.2) is 42.7 Å². The first-order chi connectivity index (χ1) is 10.6. The van der Waals surface area contributed by atoms with E-state index < -0.39 is 11.9 Å². The van der Waals surface area contributed by atoms with E-state index in [-0.39, 0.29) is 6.10 Å². The van der Waals surface area contributed by atoms with Crippen molar-refractivity contribution >= 4 is 11.9 Å². The van der Waals surface area contributed by atoms with Crippen LogP contribution in [0.1, 0.15) is 34.1 Å². The summed E-state index contributed by atoms with van der Waals surface area (Å²) in [5.41, 5.74) is 0.796. The largest absolute Gasteiger partial charge is 0.465 e. The lowest BCUT2D eigenvalue weighted by atomic mass is 10.1. The number of aromatic nitrogens is 2. The van der Waals surface area contributed by atoms with Crippen molar-refractivity contribution in [2.75, 3.05) is 7.11 Å². The van der Waals surface area contributed by atoms with Crippen molar-refractivity contribution in [1.29, 1.82) is 0 Å². The highest BCUT2D eigenvalue weighted by Gasteiger charge is 2.13. The molecule has 0 saturated carbocycles. The average molecular weight is 302 g/mol. The Labute approximate surface area is 128 Å². The summed E-state index contributed by atoms with van der Waals surface area (Å²) in [5.74, 6) is -0.850. The topological polar surface area (TPSA) is 70.4 Å². The Hall–Kier alpha value is -2.63. The molecular weight excluding hydrogens is 284 g/mol. The van der Waals surface area contributed by atoms with E-state index in [0.717, 1.165) is 0 Å². The molecule has 6 heteroatoms. The maximum atomic E-state index is 12.0. The summed E-state index contributed by atoms with van der Waals surface area (Å²) in [5, 5.41) is 4.09. The number of carbonyl (C=O) groups is 2. The molecule has 1 heterocycles. The molecule has 0 amide bonds. The van der Waals surface area contributed by atoms with E-state index >= 15 is 0 Å². The predicted octanol–water partition coefficient (Wildman–Crippen LogP) is 2.31. The van der Waals surface area contributed by atoms with Crippen molar-refractivity contribution in [3.8, 4) is 0 Å². The monoisotopic (exact) mass is 302 g/mol. The highest BCUT2D eigenvalue weighted by Crippen LogP contribution is 2.10. The summed E-state index contributed by atoms with van der Waals surface area (Å²) in [4.78, 5) is 23.3. The van der Waals surface area contributed by atoms with Gasteiger partial charge in [0.15, 0.2) is 0 Å². The Morgan fingerprint density at radius 3 is 2.36 bits per heavy atom. The first-order valence-corrected chi connectivity index (χ1v) is 6.97. The maximum Gasteiger partial charge on any atom is 0.338 e. The quantitative estimate of drug-likeness (QED) is 0.766. The summed E-state index contributed by atoms with van der Waals surface area (Å²) in [6, 6.07) is 8.02. The second-order valence-electron chi connectivity index (χ2n) is 4.84. The number of benzene rings is 1. The zero-order chi connectivity index (χ0) is 15.9. The maximum absolute atomic E-state index is 12.0. The molecule has 0 bridgehead atoms. The fourth-order valence-corrected chi connectivity index (χ4v) is 1.92. The number of carbonyl (C=O) groups excluding carboxylic acids is 2. The fourth-order valence-electron chi connectivity index (χ4n) is 1.92. The third kappa shape index (κ3) is 4.18. The molecule has 22 heavy (non-hydrogen) atoms. The zero-order valence-corrected chi connectivity index (χ0v) is 12.6. The van der Waals surface area contributed by atoms with Gasteiger partial charge in [-0.15, -0.1) is 0 Å². The number of esters is 2. The van der Waals surface area contributed by atoms with E-state index in [2.05, 4.69) is 9.84 Å². The minimum absolute atomic E-state index is 0.225. The number of aryl methyl sites for hydroxylation is 1. The van der Waals surface area contributed by atoms with Crippen molar-refractivity contribution in [2.45, 2.75) is 26.0 Å². The minimum Gasteiger partial charge on any atom is -0.465 e. The summed E-state index contributed by atoms with van der Waals surface area (Å²) < 4.78 is 11.8. The van der Waals surface area contributed by atoms with Gasteiger partial charge in [0.1, 0.15) is 6.10 Å². The van der Waals surface area contributed by atoms with Crippen LogP contribution in [0.2, 0.25) is 0 Å². The lowest BCUT2D eigenvalue weighted by molar-refractivity contribution is 0.0313. The van der Waals surface area contributed by atoms with Gasteiger partial charge in [-0.3, -0.25) is 4.68 Å². The number of methoxy groups -OCH3 is 1. The van der Waals surface area contributed by atoms with E-state index in [9.17, 15) is 9.59 Å². The lowest BCUT2D eigenvalue weighted by Gasteiger charge is -2.13. The Morgan fingerprint density at radius 2 is 1.82 bits per heavy atom. The molecule has 1 aromatic carbocycles. The van der Waals surface area contributed by atoms with Gasteiger partial charge in [0.05, 0.1) is 18.2 Å². The molecule has 0 aliphatic rings. The van der Waals surface area contributed by atoms with Crippen LogP contribution in [0, 0.1) is 0 Å². The normalized spacial score (nSPS) is 11.7. The van der Waals surface area contributed by atoms with Crippen LogP contribution >= 0.6 is 0 Å². The van der Waals surface area contributed by atoms with E-state index in [1.54, 1.807) is 23.0 Å². The first-order valence-electron chi connectivity index (χ1n) is 6.97. The van der Waals surface area contributed by atoms with Crippen LogP contribution in [0.4, 0.5) is 0 Å². The van der Waals surface area contributed by atoms with Crippen molar-refractivity contribution in [3.63, 3.8) is 0 Å². The number of ether oxygens (including phenoxy) is 2. The standard InChI is InChI=1S/C16H18N2O4/c1-12(8-11-18-10-3-9-17-18)22-16(20)14-6-4-13(5-7-14)15(19)21-2/h3-7,9-10,12H,8,11H2,1-2H3/t12-/m0/s1. The third-order valence-electron chi connectivity index (χ3n) is 3.17. The first kappa shape index (κ1) is 15.8. The van der Waals surface area contributed by atoms with Crippen LogP contribution in [-0.4, -0.2) is 34.9 Å². The van der Waals surface area contributed by atoms with Crippen molar-refractivity contribution in [3.05, 3.63) is 53.9 Å². The van der Waals surface area contributed by atoms with Gasteiger partial charge in [-0.2, -0.15) is 5.10 Å². The van der Waals surface area contributed by atoms with Gasteiger partial charge in [0, 0.05) is 25.4 Å². The van der Waals surface area contributed by atoms with Gasteiger partial charge in [0.2, 0.25) is 0 Å². The van der Waals surface area contributed by atoms with Crippen LogP contribution in [0.3, 0.4) is 0 Å². The van der Waals surface area contributed by atoms with E-state index in [1.165, 1.54) is 19.2 Å². The molecule has 0 saturated heterocycles. The van der Waals surface area contributed by atoms with E-state index in [4.69, 9.17) is 4.74 Å². The Morgan fingerprint density at radius 1 is 1.18 bits per heavy atom. The SMILES string of the molecule is COC(=O)c1ccc(C(=O)O[C@@H](C)CCn2cccn2)cc1.